The summed E-state index contributed by atoms with van der Waals surface area (Å²) < 4.78 is 10.4. The number of thiol groups is 2. The zero-order valence-corrected chi connectivity index (χ0v) is 11.2. The first kappa shape index (κ1) is 16.5. The summed E-state index contributed by atoms with van der Waals surface area (Å²) in [6.45, 7) is 1.90. The number of aliphatic hydroxyl groups is 2. The van der Waals surface area contributed by atoms with Crippen molar-refractivity contribution in [2.24, 2.45) is 0 Å². The highest BCUT2D eigenvalue weighted by atomic mass is 32.1. The number of rotatable bonds is 11. The van der Waals surface area contributed by atoms with Crippen molar-refractivity contribution >= 4 is 25.3 Å². The standard InChI is InChI=1S/C10H22O4S2/c11-9(7-15)5-13-3-1-2-4-14-6-10(12)8-16/h9-12,15-16H,1-8H2. The van der Waals surface area contributed by atoms with Gasteiger partial charge in [0.05, 0.1) is 25.4 Å². The third-order valence-electron chi connectivity index (χ3n) is 1.87. The Morgan fingerprint density at radius 2 is 1.19 bits per heavy atom. The van der Waals surface area contributed by atoms with Gasteiger partial charge < -0.3 is 19.7 Å². The zero-order valence-electron chi connectivity index (χ0n) is 9.42. The maximum Gasteiger partial charge on any atom is 0.0861 e. The summed E-state index contributed by atoms with van der Waals surface area (Å²) in [5.74, 6) is 0.843. The minimum absolute atomic E-state index is 0.336. The molecule has 0 fully saturated rings. The lowest BCUT2D eigenvalue weighted by Gasteiger charge is -2.09. The van der Waals surface area contributed by atoms with Crippen LogP contribution >= 0.6 is 25.3 Å². The summed E-state index contributed by atoms with van der Waals surface area (Å²) in [5.41, 5.74) is 0. The number of hydrogen-bond donors (Lipinski definition) is 4. The van der Waals surface area contributed by atoms with Crippen LogP contribution in [0.5, 0.6) is 0 Å². The number of unbranched alkanes of at least 4 members (excludes halogenated alkanes) is 1. The second kappa shape index (κ2) is 12.0. The first-order chi connectivity index (χ1) is 7.70. The van der Waals surface area contributed by atoms with Gasteiger partial charge in [0.2, 0.25) is 0 Å². The molecule has 2 N–H and O–H groups in total. The normalized spacial score (nSPS) is 15.0. The highest BCUT2D eigenvalue weighted by Gasteiger charge is 2.01. The van der Waals surface area contributed by atoms with E-state index in [0.29, 0.717) is 37.9 Å². The average Bonchev–Trinajstić information content (AvgIpc) is 2.31. The maximum atomic E-state index is 9.13. The summed E-state index contributed by atoms with van der Waals surface area (Å²) in [5, 5.41) is 18.3. The first-order valence-corrected chi connectivity index (χ1v) is 6.70. The lowest BCUT2D eigenvalue weighted by Crippen LogP contribution is -2.18. The van der Waals surface area contributed by atoms with Gasteiger partial charge in [-0.15, -0.1) is 0 Å². The molecular weight excluding hydrogens is 248 g/mol. The van der Waals surface area contributed by atoms with Gasteiger partial charge in [0.1, 0.15) is 0 Å². The van der Waals surface area contributed by atoms with Gasteiger partial charge >= 0.3 is 0 Å². The predicted octanol–water partition coefficient (Wildman–Crippen LogP) is 0.381. The molecule has 0 aliphatic rings. The predicted molar refractivity (Wildman–Crippen MR) is 70.6 cm³/mol. The Hall–Kier alpha value is 0.540. The molecule has 0 aromatic heterocycles. The van der Waals surface area contributed by atoms with Crippen molar-refractivity contribution in [1.82, 2.24) is 0 Å². The van der Waals surface area contributed by atoms with Crippen LogP contribution in [0.3, 0.4) is 0 Å². The summed E-state index contributed by atoms with van der Waals surface area (Å²) in [7, 11) is 0. The molecule has 6 heteroatoms. The molecule has 0 saturated carbocycles. The Bertz CT molecular complexity index is 133. The van der Waals surface area contributed by atoms with Crippen LogP contribution < -0.4 is 0 Å². The topological polar surface area (TPSA) is 58.9 Å². The van der Waals surface area contributed by atoms with E-state index in [1.807, 2.05) is 0 Å². The second-order valence-corrected chi connectivity index (χ2v) is 4.26. The SMILES string of the molecule is OC(CS)COCCCCOCC(O)CS. The van der Waals surface area contributed by atoms with Crippen LogP contribution in [-0.4, -0.2) is 60.4 Å². The van der Waals surface area contributed by atoms with Crippen LogP contribution in [0.2, 0.25) is 0 Å². The van der Waals surface area contributed by atoms with Crippen LogP contribution in [0, 0.1) is 0 Å². The highest BCUT2D eigenvalue weighted by molar-refractivity contribution is 7.80. The van der Waals surface area contributed by atoms with Crippen molar-refractivity contribution in [1.29, 1.82) is 0 Å². The van der Waals surface area contributed by atoms with Crippen molar-refractivity contribution in [3.8, 4) is 0 Å². The van der Waals surface area contributed by atoms with Crippen molar-refractivity contribution in [3.05, 3.63) is 0 Å². The van der Waals surface area contributed by atoms with Crippen molar-refractivity contribution in [2.45, 2.75) is 25.0 Å². The fourth-order valence-corrected chi connectivity index (χ4v) is 1.16. The molecule has 0 aliphatic heterocycles. The van der Waals surface area contributed by atoms with E-state index in [1.165, 1.54) is 0 Å². The molecule has 0 spiro atoms. The fourth-order valence-electron chi connectivity index (χ4n) is 0.952. The molecule has 0 amide bonds. The van der Waals surface area contributed by atoms with E-state index < -0.39 is 12.2 Å². The molecule has 16 heavy (non-hydrogen) atoms. The van der Waals surface area contributed by atoms with Gasteiger partial charge in [-0.1, -0.05) is 0 Å². The minimum Gasteiger partial charge on any atom is -0.390 e. The molecule has 0 aromatic carbocycles. The third-order valence-corrected chi connectivity index (χ3v) is 2.71. The monoisotopic (exact) mass is 270 g/mol. The molecule has 0 radical (unpaired) electrons. The first-order valence-electron chi connectivity index (χ1n) is 5.44. The molecule has 0 aliphatic carbocycles. The van der Waals surface area contributed by atoms with Crippen molar-refractivity contribution < 1.29 is 19.7 Å². The summed E-state index contributed by atoms with van der Waals surface area (Å²) in [4.78, 5) is 0. The van der Waals surface area contributed by atoms with E-state index in [2.05, 4.69) is 25.3 Å². The minimum atomic E-state index is -0.481. The van der Waals surface area contributed by atoms with Gasteiger partial charge in [-0.05, 0) is 12.8 Å². The molecule has 0 aromatic rings. The van der Waals surface area contributed by atoms with E-state index >= 15 is 0 Å². The molecule has 0 bridgehead atoms. The van der Waals surface area contributed by atoms with E-state index in [4.69, 9.17) is 19.7 Å². The van der Waals surface area contributed by atoms with Gasteiger partial charge in [-0.25, -0.2) is 0 Å². The van der Waals surface area contributed by atoms with E-state index in [0.717, 1.165) is 12.8 Å². The maximum absolute atomic E-state index is 9.13. The van der Waals surface area contributed by atoms with Crippen LogP contribution in [0.1, 0.15) is 12.8 Å². The molecule has 0 saturated heterocycles. The Morgan fingerprint density at radius 3 is 1.50 bits per heavy atom. The summed E-state index contributed by atoms with van der Waals surface area (Å²) in [6, 6.07) is 0. The third kappa shape index (κ3) is 11.0. The Labute approximate surface area is 108 Å². The second-order valence-electron chi connectivity index (χ2n) is 3.53. The van der Waals surface area contributed by atoms with Gasteiger partial charge in [0.15, 0.2) is 0 Å². The van der Waals surface area contributed by atoms with E-state index in [-0.39, 0.29) is 0 Å². The molecule has 2 atom stereocenters. The smallest absolute Gasteiger partial charge is 0.0861 e. The number of hydrogen-bond acceptors (Lipinski definition) is 6. The van der Waals surface area contributed by atoms with Crippen LogP contribution in [-0.2, 0) is 9.47 Å². The van der Waals surface area contributed by atoms with Crippen molar-refractivity contribution in [2.75, 3.05) is 37.9 Å². The van der Waals surface area contributed by atoms with Crippen LogP contribution in [0.4, 0.5) is 0 Å². The number of aliphatic hydroxyl groups excluding tert-OH is 2. The molecule has 2 unspecified atom stereocenters. The van der Waals surface area contributed by atoms with Gasteiger partial charge in [-0.2, -0.15) is 25.3 Å². The Balaban J connectivity index is 3.04. The molecular formula is C10H22O4S2. The van der Waals surface area contributed by atoms with Gasteiger partial charge in [-0.3, -0.25) is 0 Å². The van der Waals surface area contributed by atoms with Crippen LogP contribution in [0.15, 0.2) is 0 Å². The number of ether oxygens (including phenoxy) is 2. The molecule has 0 rings (SSSR count). The molecule has 4 nitrogen and oxygen atoms in total. The van der Waals surface area contributed by atoms with Gasteiger partial charge in [0.25, 0.3) is 0 Å². The Kier molecular flexibility index (Phi) is 12.4. The Morgan fingerprint density at radius 1 is 0.812 bits per heavy atom. The fraction of sp³-hybridized carbons (Fsp3) is 1.00. The summed E-state index contributed by atoms with van der Waals surface area (Å²) in [6.07, 6.45) is 0.808. The van der Waals surface area contributed by atoms with Crippen molar-refractivity contribution in [3.63, 3.8) is 0 Å². The largest absolute Gasteiger partial charge is 0.390 e. The lowest BCUT2D eigenvalue weighted by atomic mass is 10.3. The van der Waals surface area contributed by atoms with Gasteiger partial charge in [0, 0.05) is 24.7 Å². The van der Waals surface area contributed by atoms with E-state index in [1.54, 1.807) is 0 Å². The molecule has 98 valence electrons. The van der Waals surface area contributed by atoms with Crippen LogP contribution in [0.25, 0.3) is 0 Å². The zero-order chi connectivity index (χ0) is 12.2. The average molecular weight is 270 g/mol. The molecule has 0 heterocycles. The quantitative estimate of drug-likeness (QED) is 0.324. The highest BCUT2D eigenvalue weighted by Crippen LogP contribution is 1.95. The van der Waals surface area contributed by atoms with E-state index in [9.17, 15) is 0 Å². The lowest BCUT2D eigenvalue weighted by molar-refractivity contribution is 0.0317. The summed E-state index contributed by atoms with van der Waals surface area (Å²) >= 11 is 7.87.